The predicted molar refractivity (Wildman–Crippen MR) is 177 cm³/mol. The normalized spacial score (nSPS) is 11.9. The SMILES string of the molecule is CCNS(=O)(=O)c1ccc(CCC(=O)N(Cc2ccc(OC)cc2)[C@H](C(=O)NCc2ccc(Cl)cc2Cl)c2ccccc2)cc1. The summed E-state index contributed by atoms with van der Waals surface area (Å²) in [5, 5.41) is 3.87. The fraction of sp³-hybridized carbons (Fsp3) is 0.235. The highest BCUT2D eigenvalue weighted by Crippen LogP contribution is 2.27. The van der Waals surface area contributed by atoms with Crippen molar-refractivity contribution in [2.45, 2.75) is 43.8 Å². The van der Waals surface area contributed by atoms with Gasteiger partial charge in [-0.25, -0.2) is 13.1 Å². The van der Waals surface area contributed by atoms with E-state index < -0.39 is 16.1 Å². The summed E-state index contributed by atoms with van der Waals surface area (Å²) in [6.45, 7) is 2.30. The van der Waals surface area contributed by atoms with Gasteiger partial charge in [-0.15, -0.1) is 0 Å². The monoisotopic (exact) mass is 667 g/mol. The number of amides is 2. The number of rotatable bonds is 14. The lowest BCUT2D eigenvalue weighted by atomic mass is 10.0. The van der Waals surface area contributed by atoms with Gasteiger partial charge >= 0.3 is 0 Å². The quantitative estimate of drug-likeness (QED) is 0.164. The smallest absolute Gasteiger partial charge is 0.247 e. The third kappa shape index (κ3) is 9.31. The Balaban J connectivity index is 1.61. The van der Waals surface area contributed by atoms with E-state index in [1.54, 1.807) is 61.4 Å². The summed E-state index contributed by atoms with van der Waals surface area (Å²) < 4.78 is 32.4. The summed E-state index contributed by atoms with van der Waals surface area (Å²) in [6, 6.07) is 27.0. The number of nitrogens with one attached hydrogen (secondary N) is 2. The summed E-state index contributed by atoms with van der Waals surface area (Å²) in [4.78, 5) is 29.7. The maximum absolute atomic E-state index is 14.0. The van der Waals surface area contributed by atoms with E-state index in [0.717, 1.165) is 11.1 Å². The standard InChI is InChI=1S/C34H35Cl2N3O5S/c1-3-38-45(42,43)30-18-11-24(12-19-30)13-20-32(40)39(23-25-9-16-29(44-2)17-10-25)33(26-7-5-4-6-8-26)34(41)37-22-27-14-15-28(35)21-31(27)36/h4-12,14-19,21,33,38H,3,13,20,22-23H2,1-2H3,(H,37,41)/t33-/m0/s1. The van der Waals surface area contributed by atoms with Gasteiger partial charge in [0.05, 0.1) is 12.0 Å². The predicted octanol–water partition coefficient (Wildman–Crippen LogP) is 6.32. The van der Waals surface area contributed by atoms with Gasteiger partial charge in [0.15, 0.2) is 0 Å². The molecule has 11 heteroatoms. The average molecular weight is 669 g/mol. The van der Waals surface area contributed by atoms with Crippen molar-refractivity contribution in [1.82, 2.24) is 14.9 Å². The Morgan fingerprint density at radius 2 is 1.56 bits per heavy atom. The first kappa shape index (κ1) is 34.0. The maximum atomic E-state index is 14.0. The first-order valence-electron chi connectivity index (χ1n) is 14.4. The second-order valence-electron chi connectivity index (χ2n) is 10.3. The number of nitrogens with zero attached hydrogens (tertiary/aromatic N) is 1. The molecule has 236 valence electrons. The number of halogens is 2. The highest BCUT2D eigenvalue weighted by Gasteiger charge is 2.31. The molecule has 1 atom stereocenters. The molecule has 0 spiro atoms. The number of hydrogen-bond acceptors (Lipinski definition) is 5. The fourth-order valence-corrected chi connectivity index (χ4v) is 6.32. The van der Waals surface area contributed by atoms with Crippen LogP contribution >= 0.6 is 23.2 Å². The average Bonchev–Trinajstić information content (AvgIpc) is 3.04. The van der Waals surface area contributed by atoms with Gasteiger partial charge < -0.3 is 15.0 Å². The Morgan fingerprint density at radius 3 is 2.18 bits per heavy atom. The van der Waals surface area contributed by atoms with E-state index in [2.05, 4.69) is 10.0 Å². The Morgan fingerprint density at radius 1 is 0.889 bits per heavy atom. The number of benzene rings is 4. The molecular weight excluding hydrogens is 633 g/mol. The topological polar surface area (TPSA) is 105 Å². The molecule has 0 aliphatic rings. The largest absolute Gasteiger partial charge is 0.497 e. The first-order chi connectivity index (χ1) is 21.6. The van der Waals surface area contributed by atoms with Gasteiger partial charge in [0, 0.05) is 36.1 Å². The van der Waals surface area contributed by atoms with Gasteiger partial charge in [0.1, 0.15) is 11.8 Å². The summed E-state index contributed by atoms with van der Waals surface area (Å²) in [7, 11) is -2.01. The molecule has 2 N–H and O–H groups in total. The summed E-state index contributed by atoms with van der Waals surface area (Å²) >= 11 is 12.4. The number of ether oxygens (including phenoxy) is 1. The number of sulfonamides is 1. The van der Waals surface area contributed by atoms with E-state index in [1.807, 2.05) is 42.5 Å². The van der Waals surface area contributed by atoms with Crippen molar-refractivity contribution in [2.24, 2.45) is 0 Å². The van der Waals surface area contributed by atoms with Gasteiger partial charge in [0.25, 0.3) is 0 Å². The third-order valence-electron chi connectivity index (χ3n) is 7.17. The van der Waals surface area contributed by atoms with Gasteiger partial charge in [-0.2, -0.15) is 0 Å². The van der Waals surface area contributed by atoms with Gasteiger partial charge in [0.2, 0.25) is 21.8 Å². The molecule has 45 heavy (non-hydrogen) atoms. The molecule has 0 aliphatic heterocycles. The first-order valence-corrected chi connectivity index (χ1v) is 16.6. The van der Waals surface area contributed by atoms with E-state index >= 15 is 0 Å². The Labute approximate surface area is 274 Å². The molecule has 0 aliphatic carbocycles. The van der Waals surface area contributed by atoms with Crippen LogP contribution in [0.1, 0.15) is 41.6 Å². The van der Waals surface area contributed by atoms with Crippen LogP contribution in [0.25, 0.3) is 0 Å². The van der Waals surface area contributed by atoms with E-state index in [1.165, 1.54) is 12.1 Å². The Hall–Kier alpha value is -3.89. The van der Waals surface area contributed by atoms with Crippen LogP contribution in [0, 0.1) is 0 Å². The van der Waals surface area contributed by atoms with Crippen LogP contribution in [0.5, 0.6) is 5.75 Å². The Bertz CT molecular complexity index is 1700. The zero-order chi connectivity index (χ0) is 32.4. The second-order valence-corrected chi connectivity index (χ2v) is 12.9. The summed E-state index contributed by atoms with van der Waals surface area (Å²) in [5.41, 5.74) is 2.95. The molecule has 0 bridgehead atoms. The van der Waals surface area contributed by atoms with Crippen LogP contribution in [0.4, 0.5) is 0 Å². The molecule has 0 saturated carbocycles. The lowest BCUT2D eigenvalue weighted by molar-refractivity contribution is -0.141. The van der Waals surface area contributed by atoms with Crippen LogP contribution in [-0.4, -0.2) is 38.8 Å². The molecule has 8 nitrogen and oxygen atoms in total. The van der Waals surface area contributed by atoms with Gasteiger partial charge in [-0.05, 0) is 65.1 Å². The van der Waals surface area contributed by atoms with E-state index in [4.69, 9.17) is 27.9 Å². The minimum atomic E-state index is -3.59. The van der Waals surface area contributed by atoms with Crippen molar-refractivity contribution < 1.29 is 22.7 Å². The molecule has 4 aromatic rings. The second kappa shape index (κ2) is 15.9. The van der Waals surface area contributed by atoms with E-state index in [9.17, 15) is 18.0 Å². The number of hydrogen-bond donors (Lipinski definition) is 2. The van der Waals surface area contributed by atoms with Crippen molar-refractivity contribution in [3.63, 3.8) is 0 Å². The molecule has 0 aromatic heterocycles. The van der Waals surface area contributed by atoms with Crippen LogP contribution in [0.15, 0.2) is 102 Å². The maximum Gasteiger partial charge on any atom is 0.247 e. The molecule has 0 radical (unpaired) electrons. The van der Waals surface area contributed by atoms with Crippen LogP contribution < -0.4 is 14.8 Å². The van der Waals surface area contributed by atoms with Crippen molar-refractivity contribution in [3.05, 3.63) is 129 Å². The zero-order valence-corrected chi connectivity index (χ0v) is 27.3. The highest BCUT2D eigenvalue weighted by molar-refractivity contribution is 7.89. The molecule has 0 unspecified atom stereocenters. The zero-order valence-electron chi connectivity index (χ0n) is 25.0. The minimum absolute atomic E-state index is 0.0923. The summed E-state index contributed by atoms with van der Waals surface area (Å²) in [5.74, 6) is 0.0594. The lowest BCUT2D eigenvalue weighted by Crippen LogP contribution is -2.43. The van der Waals surface area contributed by atoms with E-state index in [0.29, 0.717) is 33.3 Å². The molecule has 0 saturated heterocycles. The lowest BCUT2D eigenvalue weighted by Gasteiger charge is -2.32. The van der Waals surface area contributed by atoms with Crippen molar-refractivity contribution >= 4 is 45.0 Å². The minimum Gasteiger partial charge on any atom is -0.497 e. The molecule has 0 heterocycles. The number of carbonyl (C=O) groups excluding carboxylic acids is 2. The summed E-state index contributed by atoms with van der Waals surface area (Å²) in [6.07, 6.45) is 0.443. The van der Waals surface area contributed by atoms with Crippen molar-refractivity contribution in [3.8, 4) is 5.75 Å². The van der Waals surface area contributed by atoms with Crippen LogP contribution in [0.3, 0.4) is 0 Å². The third-order valence-corrected chi connectivity index (χ3v) is 9.32. The molecule has 4 aromatic carbocycles. The van der Waals surface area contributed by atoms with Crippen LogP contribution in [0.2, 0.25) is 10.0 Å². The highest BCUT2D eigenvalue weighted by atomic mass is 35.5. The van der Waals surface area contributed by atoms with Crippen LogP contribution in [-0.2, 0) is 39.1 Å². The number of carbonyl (C=O) groups is 2. The molecule has 2 amide bonds. The fourth-order valence-electron chi connectivity index (χ4n) is 4.81. The van der Waals surface area contributed by atoms with Gasteiger partial charge in [-0.3, -0.25) is 9.59 Å². The van der Waals surface area contributed by atoms with Gasteiger partial charge in [-0.1, -0.05) is 90.8 Å². The van der Waals surface area contributed by atoms with Crippen molar-refractivity contribution in [1.29, 1.82) is 0 Å². The molecule has 0 fully saturated rings. The van der Waals surface area contributed by atoms with Crippen molar-refractivity contribution in [2.75, 3.05) is 13.7 Å². The number of methoxy groups -OCH3 is 1. The number of aryl methyl sites for hydroxylation is 1. The van der Waals surface area contributed by atoms with E-state index in [-0.39, 0.29) is 42.8 Å². The molecule has 4 rings (SSSR count). The molecular formula is C34H35Cl2N3O5S. The Kier molecular flexibility index (Phi) is 12.0.